The molecule has 0 bridgehead atoms. The monoisotopic (exact) mass is 462 g/mol. The van der Waals surface area contributed by atoms with Crippen LogP contribution in [0, 0.1) is 12.3 Å². The zero-order valence-corrected chi connectivity index (χ0v) is 19.7. The fourth-order valence-electron chi connectivity index (χ4n) is 5.16. The van der Waals surface area contributed by atoms with Gasteiger partial charge in [-0.1, -0.05) is 11.6 Å². The van der Waals surface area contributed by atoms with Gasteiger partial charge in [-0.3, -0.25) is 9.69 Å². The number of benzene rings is 1. The standard InChI is InChI=1S/C24H31ClN2O5/c1-16-20(18-4-6-19(25)7-5-18)32-21(26-16)17(2)27-12-8-24(29,9-13-27)23(22(28)30-3)10-14-31-15-11-23/h4-7,17,29H,8-15H2,1-3H3. The highest BCUT2D eigenvalue weighted by molar-refractivity contribution is 6.30. The van der Waals surface area contributed by atoms with E-state index in [0.717, 1.165) is 17.0 Å². The molecule has 7 nitrogen and oxygen atoms in total. The van der Waals surface area contributed by atoms with Crippen LogP contribution in [-0.2, 0) is 14.3 Å². The third-order valence-electron chi connectivity index (χ3n) is 7.26. The van der Waals surface area contributed by atoms with E-state index in [1.165, 1.54) is 7.11 Å². The number of likely N-dealkylation sites (tertiary alicyclic amines) is 1. The van der Waals surface area contributed by atoms with Crippen molar-refractivity contribution in [3.63, 3.8) is 0 Å². The van der Waals surface area contributed by atoms with Gasteiger partial charge in [0, 0.05) is 36.9 Å². The van der Waals surface area contributed by atoms with E-state index < -0.39 is 11.0 Å². The number of hydrogen-bond donors (Lipinski definition) is 1. The molecule has 2 aromatic rings. The number of ether oxygens (including phenoxy) is 2. The predicted molar refractivity (Wildman–Crippen MR) is 120 cm³/mol. The second-order valence-electron chi connectivity index (χ2n) is 8.90. The fourth-order valence-corrected chi connectivity index (χ4v) is 5.28. The average molecular weight is 463 g/mol. The molecule has 2 aliphatic rings. The first-order valence-electron chi connectivity index (χ1n) is 11.2. The summed E-state index contributed by atoms with van der Waals surface area (Å²) in [7, 11) is 1.39. The second kappa shape index (κ2) is 9.14. The summed E-state index contributed by atoms with van der Waals surface area (Å²) in [6.45, 7) is 6.18. The minimum Gasteiger partial charge on any atom is -0.469 e. The molecule has 174 valence electrons. The number of piperidine rings is 1. The topological polar surface area (TPSA) is 85.0 Å². The molecule has 1 atom stereocenters. The fraction of sp³-hybridized carbons (Fsp3) is 0.583. The van der Waals surface area contributed by atoms with Crippen LogP contribution in [0.5, 0.6) is 0 Å². The van der Waals surface area contributed by atoms with Crippen LogP contribution >= 0.6 is 11.6 Å². The molecule has 0 amide bonds. The molecule has 0 spiro atoms. The van der Waals surface area contributed by atoms with Crippen LogP contribution in [-0.4, -0.2) is 60.0 Å². The van der Waals surface area contributed by atoms with E-state index >= 15 is 0 Å². The first kappa shape index (κ1) is 23.2. The zero-order valence-electron chi connectivity index (χ0n) is 18.9. The van der Waals surface area contributed by atoms with Gasteiger partial charge in [0.2, 0.25) is 5.89 Å². The molecule has 1 unspecified atom stereocenters. The van der Waals surface area contributed by atoms with Crippen LogP contribution in [0.15, 0.2) is 28.7 Å². The lowest BCUT2D eigenvalue weighted by molar-refractivity contribution is -0.197. The maximum atomic E-state index is 12.7. The number of esters is 1. The Morgan fingerprint density at radius 2 is 1.81 bits per heavy atom. The number of nitrogens with zero attached hydrogens (tertiary/aromatic N) is 2. The van der Waals surface area contributed by atoms with E-state index in [1.807, 2.05) is 31.2 Å². The number of rotatable bonds is 5. The molecule has 0 saturated carbocycles. The number of halogens is 1. The summed E-state index contributed by atoms with van der Waals surface area (Å²) in [5.41, 5.74) is -0.252. The van der Waals surface area contributed by atoms with Crippen molar-refractivity contribution in [3.8, 4) is 11.3 Å². The van der Waals surface area contributed by atoms with Crippen molar-refractivity contribution in [1.82, 2.24) is 9.88 Å². The third-order valence-corrected chi connectivity index (χ3v) is 7.52. The van der Waals surface area contributed by atoms with Gasteiger partial charge < -0.3 is 19.0 Å². The Bertz CT molecular complexity index is 944. The maximum absolute atomic E-state index is 12.7. The van der Waals surface area contributed by atoms with E-state index in [1.54, 1.807) is 0 Å². The summed E-state index contributed by atoms with van der Waals surface area (Å²) in [4.78, 5) is 19.7. The van der Waals surface area contributed by atoms with Crippen molar-refractivity contribution in [2.45, 2.75) is 51.2 Å². The van der Waals surface area contributed by atoms with Gasteiger partial charge in [-0.25, -0.2) is 4.98 Å². The lowest BCUT2D eigenvalue weighted by atomic mass is 9.62. The van der Waals surface area contributed by atoms with Crippen LogP contribution in [0.2, 0.25) is 5.02 Å². The van der Waals surface area contributed by atoms with Gasteiger partial charge in [-0.2, -0.15) is 0 Å². The van der Waals surface area contributed by atoms with Crippen LogP contribution < -0.4 is 0 Å². The van der Waals surface area contributed by atoms with Crippen molar-refractivity contribution in [1.29, 1.82) is 0 Å². The number of methoxy groups -OCH3 is 1. The van der Waals surface area contributed by atoms with E-state index in [9.17, 15) is 9.90 Å². The molecular weight excluding hydrogens is 432 g/mol. The quantitative estimate of drug-likeness (QED) is 0.667. The van der Waals surface area contributed by atoms with E-state index in [2.05, 4.69) is 16.8 Å². The average Bonchev–Trinajstić information content (AvgIpc) is 3.21. The molecular formula is C24H31ClN2O5. The first-order valence-corrected chi connectivity index (χ1v) is 11.5. The van der Waals surface area contributed by atoms with E-state index in [4.69, 9.17) is 25.5 Å². The van der Waals surface area contributed by atoms with Crippen LogP contribution in [0.4, 0.5) is 0 Å². The van der Waals surface area contributed by atoms with Gasteiger partial charge >= 0.3 is 5.97 Å². The number of oxazole rings is 1. The van der Waals surface area contributed by atoms with Gasteiger partial charge in [0.1, 0.15) is 5.41 Å². The molecule has 2 fully saturated rings. The third kappa shape index (κ3) is 4.07. The molecule has 4 rings (SSSR count). The normalized spacial score (nSPS) is 21.8. The molecule has 3 heterocycles. The maximum Gasteiger partial charge on any atom is 0.314 e. The molecule has 2 aliphatic heterocycles. The number of aromatic nitrogens is 1. The number of carbonyl (C=O) groups is 1. The SMILES string of the molecule is COC(=O)C1(C2(O)CCN(C(C)c3nc(C)c(-c4ccc(Cl)cc4)o3)CC2)CCOCC1. The molecule has 0 radical (unpaired) electrons. The predicted octanol–water partition coefficient (Wildman–Crippen LogP) is 4.16. The Morgan fingerprint density at radius 3 is 2.41 bits per heavy atom. The largest absolute Gasteiger partial charge is 0.469 e. The zero-order chi connectivity index (χ0) is 22.9. The summed E-state index contributed by atoms with van der Waals surface area (Å²) >= 11 is 6.00. The molecule has 2 saturated heterocycles. The van der Waals surface area contributed by atoms with Crippen molar-refractivity contribution < 1.29 is 23.8 Å². The highest BCUT2D eigenvalue weighted by Gasteiger charge is 2.58. The lowest BCUT2D eigenvalue weighted by Gasteiger charge is -2.51. The minimum atomic E-state index is -1.11. The first-order chi connectivity index (χ1) is 15.3. The highest BCUT2D eigenvalue weighted by Crippen LogP contribution is 2.48. The van der Waals surface area contributed by atoms with Gasteiger partial charge in [0.15, 0.2) is 5.76 Å². The number of aliphatic hydroxyl groups is 1. The van der Waals surface area contributed by atoms with Gasteiger partial charge in [0.25, 0.3) is 0 Å². The number of aryl methyl sites for hydroxylation is 1. The molecule has 8 heteroatoms. The summed E-state index contributed by atoms with van der Waals surface area (Å²) in [5, 5.41) is 12.3. The van der Waals surface area contributed by atoms with Crippen molar-refractivity contribution >= 4 is 17.6 Å². The highest BCUT2D eigenvalue weighted by atomic mass is 35.5. The number of carbonyl (C=O) groups excluding carboxylic acids is 1. The Kier molecular flexibility index (Phi) is 6.63. The van der Waals surface area contributed by atoms with Crippen molar-refractivity contribution in [2.24, 2.45) is 5.41 Å². The van der Waals surface area contributed by atoms with Crippen LogP contribution in [0.25, 0.3) is 11.3 Å². The summed E-state index contributed by atoms with van der Waals surface area (Å²) < 4.78 is 16.7. The van der Waals surface area contributed by atoms with Gasteiger partial charge in [-0.15, -0.1) is 0 Å². The van der Waals surface area contributed by atoms with Gasteiger partial charge in [0.05, 0.1) is 24.4 Å². The molecule has 1 aromatic heterocycles. The smallest absolute Gasteiger partial charge is 0.314 e. The Balaban J connectivity index is 1.49. The van der Waals surface area contributed by atoms with Crippen LogP contribution in [0.3, 0.4) is 0 Å². The van der Waals surface area contributed by atoms with Crippen molar-refractivity contribution in [2.75, 3.05) is 33.4 Å². The second-order valence-corrected chi connectivity index (χ2v) is 9.34. The molecule has 1 N–H and O–H groups in total. The summed E-state index contributed by atoms with van der Waals surface area (Å²) in [6.07, 6.45) is 1.93. The van der Waals surface area contributed by atoms with E-state index in [-0.39, 0.29) is 12.0 Å². The van der Waals surface area contributed by atoms with Gasteiger partial charge in [-0.05, 0) is 63.8 Å². The summed E-state index contributed by atoms with van der Waals surface area (Å²) in [5.74, 6) is 1.05. The Morgan fingerprint density at radius 1 is 1.19 bits per heavy atom. The molecule has 32 heavy (non-hydrogen) atoms. The van der Waals surface area contributed by atoms with E-state index in [0.29, 0.717) is 62.9 Å². The molecule has 0 aliphatic carbocycles. The number of hydrogen-bond acceptors (Lipinski definition) is 7. The van der Waals surface area contributed by atoms with Crippen LogP contribution in [0.1, 0.15) is 50.2 Å². The minimum absolute atomic E-state index is 0.0527. The molecule has 1 aromatic carbocycles. The lowest BCUT2D eigenvalue weighted by Crippen LogP contribution is -2.60. The van der Waals surface area contributed by atoms with Crippen molar-refractivity contribution in [3.05, 3.63) is 40.9 Å². The Hall–Kier alpha value is -1.93. The Labute approximate surface area is 193 Å². The summed E-state index contributed by atoms with van der Waals surface area (Å²) in [6, 6.07) is 7.46.